The van der Waals surface area contributed by atoms with Gasteiger partial charge in [0.25, 0.3) is 0 Å². The van der Waals surface area contributed by atoms with Gasteiger partial charge >= 0.3 is 0 Å². The summed E-state index contributed by atoms with van der Waals surface area (Å²) in [5.74, 6) is 4.24. The smallest absolute Gasteiger partial charge is 0.119 e. The van der Waals surface area contributed by atoms with Crippen LogP contribution in [0.4, 0.5) is 0 Å². The Morgan fingerprint density at radius 3 is 1.27 bits per heavy atom. The molecule has 0 aromatic heterocycles. The molecule has 2 aromatic carbocycles. The normalized spacial score (nSPS) is 19.9. The number of alkyl halides is 2. The standard InChI is InChI=1S/C22H26Cl2O2/c23-13-17-5-9-21(10-6-17)25-15-19-1-2-20(4-3-19)16-26-22-11-7-18(14-24)8-12-22/h5-12,19-20H,1-4,13-16H2. The summed E-state index contributed by atoms with van der Waals surface area (Å²) in [6.07, 6.45) is 4.83. The lowest BCUT2D eigenvalue weighted by atomic mass is 9.83. The average molecular weight is 393 g/mol. The molecular weight excluding hydrogens is 367 g/mol. The van der Waals surface area contributed by atoms with Gasteiger partial charge in [-0.3, -0.25) is 0 Å². The number of ether oxygens (including phenoxy) is 2. The summed E-state index contributed by atoms with van der Waals surface area (Å²) in [5.41, 5.74) is 2.24. The SMILES string of the molecule is ClCc1ccc(OCC2CCC(COc3ccc(CCl)cc3)CC2)cc1. The van der Waals surface area contributed by atoms with E-state index in [-0.39, 0.29) is 0 Å². The first-order valence-corrected chi connectivity index (χ1v) is 10.4. The van der Waals surface area contributed by atoms with E-state index in [4.69, 9.17) is 32.7 Å². The molecule has 140 valence electrons. The number of halogens is 2. The van der Waals surface area contributed by atoms with E-state index in [1.165, 1.54) is 25.7 Å². The number of rotatable bonds is 8. The zero-order chi connectivity index (χ0) is 18.2. The summed E-state index contributed by atoms with van der Waals surface area (Å²) < 4.78 is 11.9. The second kappa shape index (κ2) is 10.1. The molecule has 0 aliphatic heterocycles. The van der Waals surface area contributed by atoms with Crippen molar-refractivity contribution in [1.29, 1.82) is 0 Å². The van der Waals surface area contributed by atoms with Gasteiger partial charge in [0.2, 0.25) is 0 Å². The fourth-order valence-corrected chi connectivity index (χ4v) is 3.70. The molecule has 3 rings (SSSR count). The number of hydrogen-bond acceptors (Lipinski definition) is 2. The first-order valence-electron chi connectivity index (χ1n) is 9.32. The Kier molecular flexibility index (Phi) is 7.52. The zero-order valence-electron chi connectivity index (χ0n) is 15.0. The van der Waals surface area contributed by atoms with E-state index in [2.05, 4.69) is 0 Å². The van der Waals surface area contributed by atoms with E-state index in [9.17, 15) is 0 Å². The highest BCUT2D eigenvalue weighted by molar-refractivity contribution is 6.17. The van der Waals surface area contributed by atoms with Gasteiger partial charge < -0.3 is 9.47 Å². The monoisotopic (exact) mass is 392 g/mol. The van der Waals surface area contributed by atoms with Crippen LogP contribution < -0.4 is 9.47 Å². The van der Waals surface area contributed by atoms with Crippen LogP contribution in [0.25, 0.3) is 0 Å². The first-order chi connectivity index (χ1) is 12.8. The van der Waals surface area contributed by atoms with E-state index in [0.717, 1.165) is 35.8 Å². The van der Waals surface area contributed by atoms with E-state index in [0.29, 0.717) is 23.6 Å². The van der Waals surface area contributed by atoms with Crippen LogP contribution in [0.15, 0.2) is 48.5 Å². The third kappa shape index (κ3) is 5.82. The highest BCUT2D eigenvalue weighted by Gasteiger charge is 2.22. The van der Waals surface area contributed by atoms with Gasteiger partial charge in [0.05, 0.1) is 13.2 Å². The molecule has 0 unspecified atom stereocenters. The lowest BCUT2D eigenvalue weighted by molar-refractivity contribution is 0.148. The van der Waals surface area contributed by atoms with Crippen LogP contribution in [0.3, 0.4) is 0 Å². The van der Waals surface area contributed by atoms with Crippen molar-refractivity contribution in [2.24, 2.45) is 11.8 Å². The maximum atomic E-state index is 5.95. The average Bonchev–Trinajstić information content (AvgIpc) is 2.72. The molecule has 0 N–H and O–H groups in total. The minimum Gasteiger partial charge on any atom is -0.493 e. The summed E-state index contributed by atoms with van der Waals surface area (Å²) in [5, 5.41) is 0. The predicted octanol–water partition coefficient (Wildman–Crippen LogP) is 6.43. The molecular formula is C22H26Cl2O2. The van der Waals surface area contributed by atoms with Crippen LogP contribution in [0.5, 0.6) is 11.5 Å². The van der Waals surface area contributed by atoms with Gasteiger partial charge in [0, 0.05) is 11.8 Å². The lowest BCUT2D eigenvalue weighted by Gasteiger charge is -2.28. The van der Waals surface area contributed by atoms with Gasteiger partial charge in [-0.05, 0) is 72.9 Å². The fourth-order valence-electron chi connectivity index (χ4n) is 3.34. The summed E-state index contributed by atoms with van der Waals surface area (Å²) in [7, 11) is 0. The quantitative estimate of drug-likeness (QED) is 0.481. The molecule has 0 radical (unpaired) electrons. The third-order valence-electron chi connectivity index (χ3n) is 5.09. The van der Waals surface area contributed by atoms with Gasteiger partial charge in [0.15, 0.2) is 0 Å². The van der Waals surface area contributed by atoms with Gasteiger partial charge in [-0.2, -0.15) is 0 Å². The highest BCUT2D eigenvalue weighted by atomic mass is 35.5. The second-order valence-electron chi connectivity index (χ2n) is 7.06. The van der Waals surface area contributed by atoms with Gasteiger partial charge in [-0.1, -0.05) is 24.3 Å². The molecule has 1 saturated carbocycles. The largest absolute Gasteiger partial charge is 0.493 e. The van der Waals surface area contributed by atoms with Crippen LogP contribution in [0.1, 0.15) is 36.8 Å². The van der Waals surface area contributed by atoms with Crippen molar-refractivity contribution in [2.45, 2.75) is 37.4 Å². The number of hydrogen-bond donors (Lipinski definition) is 0. The molecule has 26 heavy (non-hydrogen) atoms. The van der Waals surface area contributed by atoms with E-state index >= 15 is 0 Å². The Morgan fingerprint density at radius 1 is 0.615 bits per heavy atom. The summed E-state index contributed by atoms with van der Waals surface area (Å²) >= 11 is 11.6. The van der Waals surface area contributed by atoms with Gasteiger partial charge in [-0.25, -0.2) is 0 Å². The Labute approximate surface area is 166 Å². The van der Waals surface area contributed by atoms with Crippen molar-refractivity contribution in [2.75, 3.05) is 13.2 Å². The molecule has 0 amide bonds. The van der Waals surface area contributed by atoms with Crippen LogP contribution in [-0.4, -0.2) is 13.2 Å². The molecule has 0 bridgehead atoms. The van der Waals surface area contributed by atoms with Crippen molar-refractivity contribution >= 4 is 23.2 Å². The van der Waals surface area contributed by atoms with Crippen LogP contribution in [0, 0.1) is 11.8 Å². The molecule has 0 saturated heterocycles. The Morgan fingerprint density at radius 2 is 0.962 bits per heavy atom. The maximum Gasteiger partial charge on any atom is 0.119 e. The van der Waals surface area contributed by atoms with Gasteiger partial charge in [0.1, 0.15) is 11.5 Å². The molecule has 0 atom stereocenters. The van der Waals surface area contributed by atoms with Crippen molar-refractivity contribution in [3.8, 4) is 11.5 Å². The molecule has 4 heteroatoms. The Balaban J connectivity index is 1.35. The topological polar surface area (TPSA) is 18.5 Å². The molecule has 1 aliphatic rings. The first kappa shape index (κ1) is 19.4. The highest BCUT2D eigenvalue weighted by Crippen LogP contribution is 2.30. The summed E-state index contributed by atoms with van der Waals surface area (Å²) in [6, 6.07) is 16.1. The minimum atomic E-state index is 0.545. The van der Waals surface area contributed by atoms with Crippen LogP contribution in [0.2, 0.25) is 0 Å². The molecule has 2 nitrogen and oxygen atoms in total. The summed E-state index contributed by atoms with van der Waals surface area (Å²) in [4.78, 5) is 0. The fraction of sp³-hybridized carbons (Fsp3) is 0.455. The predicted molar refractivity (Wildman–Crippen MR) is 108 cm³/mol. The third-order valence-corrected chi connectivity index (χ3v) is 5.71. The minimum absolute atomic E-state index is 0.545. The zero-order valence-corrected chi connectivity index (χ0v) is 16.5. The van der Waals surface area contributed by atoms with Crippen molar-refractivity contribution in [3.05, 3.63) is 59.7 Å². The molecule has 0 spiro atoms. The Hall–Kier alpha value is -1.38. The second-order valence-corrected chi connectivity index (χ2v) is 7.60. The van der Waals surface area contributed by atoms with E-state index in [1.807, 2.05) is 48.5 Å². The number of benzene rings is 2. The van der Waals surface area contributed by atoms with Crippen molar-refractivity contribution in [3.63, 3.8) is 0 Å². The van der Waals surface area contributed by atoms with Crippen LogP contribution in [-0.2, 0) is 11.8 Å². The van der Waals surface area contributed by atoms with Crippen molar-refractivity contribution in [1.82, 2.24) is 0 Å². The maximum absolute atomic E-state index is 5.95. The molecule has 1 aliphatic carbocycles. The summed E-state index contributed by atoms with van der Waals surface area (Å²) in [6.45, 7) is 1.60. The molecule has 2 aromatic rings. The molecule has 1 fully saturated rings. The lowest BCUT2D eigenvalue weighted by Crippen LogP contribution is -2.23. The Bertz CT molecular complexity index is 587. The van der Waals surface area contributed by atoms with Crippen molar-refractivity contribution < 1.29 is 9.47 Å². The van der Waals surface area contributed by atoms with Gasteiger partial charge in [-0.15, -0.1) is 23.2 Å². The van der Waals surface area contributed by atoms with E-state index < -0.39 is 0 Å². The van der Waals surface area contributed by atoms with Crippen LogP contribution >= 0.6 is 23.2 Å². The van der Waals surface area contributed by atoms with E-state index in [1.54, 1.807) is 0 Å². The molecule has 0 heterocycles.